The van der Waals surface area contributed by atoms with Gasteiger partial charge >= 0.3 is 5.97 Å². The van der Waals surface area contributed by atoms with Crippen LogP contribution in [0.15, 0.2) is 17.0 Å². The summed E-state index contributed by atoms with van der Waals surface area (Å²) >= 11 is 0. The van der Waals surface area contributed by atoms with Gasteiger partial charge in [0, 0.05) is 18.7 Å². The van der Waals surface area contributed by atoms with E-state index >= 15 is 0 Å². The summed E-state index contributed by atoms with van der Waals surface area (Å²) in [6.45, 7) is 6.81. The van der Waals surface area contributed by atoms with Crippen molar-refractivity contribution in [3.8, 4) is 0 Å². The van der Waals surface area contributed by atoms with Crippen molar-refractivity contribution in [3.63, 3.8) is 0 Å². The number of carboxylic acid groups (broad SMARTS) is 1. The van der Waals surface area contributed by atoms with Gasteiger partial charge in [0.2, 0.25) is 10.0 Å². The Labute approximate surface area is 124 Å². The number of hydrogen-bond acceptors (Lipinski definition) is 3. The molecule has 0 spiro atoms. The minimum Gasteiger partial charge on any atom is -0.478 e. The van der Waals surface area contributed by atoms with Gasteiger partial charge in [-0.1, -0.05) is 13.8 Å². The quantitative estimate of drug-likeness (QED) is 0.905. The number of rotatable bonds is 5. The second kappa shape index (κ2) is 6.11. The average Bonchev–Trinajstić information content (AvgIpc) is 2.39. The smallest absolute Gasteiger partial charge is 0.335 e. The fourth-order valence-electron chi connectivity index (χ4n) is 1.84. The molecular formula is C14H20FNO4S. The lowest BCUT2D eigenvalue weighted by molar-refractivity contribution is 0.0696. The molecular weight excluding hydrogens is 297 g/mol. The minimum atomic E-state index is -3.96. The number of benzene rings is 1. The third-order valence-corrected chi connectivity index (χ3v) is 5.81. The van der Waals surface area contributed by atoms with Crippen molar-refractivity contribution in [2.45, 2.75) is 38.6 Å². The van der Waals surface area contributed by atoms with E-state index in [9.17, 15) is 17.6 Å². The van der Waals surface area contributed by atoms with Crippen molar-refractivity contribution in [2.24, 2.45) is 5.92 Å². The summed E-state index contributed by atoms with van der Waals surface area (Å²) in [5, 5.41) is 8.95. The first-order valence-electron chi connectivity index (χ1n) is 6.51. The minimum absolute atomic E-state index is 0.0672. The third kappa shape index (κ3) is 3.41. The monoisotopic (exact) mass is 317 g/mol. The van der Waals surface area contributed by atoms with Gasteiger partial charge in [0.1, 0.15) is 5.82 Å². The van der Waals surface area contributed by atoms with Crippen molar-refractivity contribution in [1.82, 2.24) is 4.31 Å². The van der Waals surface area contributed by atoms with Gasteiger partial charge in [-0.25, -0.2) is 17.6 Å². The zero-order valence-corrected chi connectivity index (χ0v) is 13.5. The highest BCUT2D eigenvalue weighted by molar-refractivity contribution is 7.89. The van der Waals surface area contributed by atoms with Crippen LogP contribution in [0.25, 0.3) is 0 Å². The number of carboxylic acids is 1. The number of aromatic carboxylic acids is 1. The van der Waals surface area contributed by atoms with E-state index in [1.54, 1.807) is 6.92 Å². The average molecular weight is 317 g/mol. The molecule has 1 N–H and O–H groups in total. The van der Waals surface area contributed by atoms with Gasteiger partial charge in [-0.15, -0.1) is 0 Å². The van der Waals surface area contributed by atoms with Crippen LogP contribution >= 0.6 is 0 Å². The third-order valence-electron chi connectivity index (χ3n) is 3.74. The van der Waals surface area contributed by atoms with Crippen LogP contribution < -0.4 is 0 Å². The molecule has 1 unspecified atom stereocenters. The molecule has 0 aliphatic heterocycles. The van der Waals surface area contributed by atoms with E-state index in [2.05, 4.69) is 0 Å². The summed E-state index contributed by atoms with van der Waals surface area (Å²) in [4.78, 5) is 10.7. The fraction of sp³-hybridized carbons (Fsp3) is 0.500. The lowest BCUT2D eigenvalue weighted by atomic mass is 10.1. The van der Waals surface area contributed by atoms with Crippen molar-refractivity contribution in [1.29, 1.82) is 0 Å². The van der Waals surface area contributed by atoms with Crippen molar-refractivity contribution in [3.05, 3.63) is 29.1 Å². The highest BCUT2D eigenvalue weighted by Gasteiger charge is 2.30. The molecule has 0 fully saturated rings. The summed E-state index contributed by atoms with van der Waals surface area (Å²) in [5.74, 6) is -2.15. The molecule has 5 nitrogen and oxygen atoms in total. The Morgan fingerprint density at radius 1 is 1.29 bits per heavy atom. The predicted octanol–water partition coefficient (Wildman–Crippen LogP) is 2.50. The maximum absolute atomic E-state index is 13.8. The molecule has 0 bridgehead atoms. The van der Waals surface area contributed by atoms with Crippen LogP contribution in [0.3, 0.4) is 0 Å². The maximum atomic E-state index is 13.8. The van der Waals surface area contributed by atoms with E-state index in [4.69, 9.17) is 5.11 Å². The lowest BCUT2D eigenvalue weighted by Gasteiger charge is -2.28. The molecule has 7 heteroatoms. The van der Waals surface area contributed by atoms with Crippen LogP contribution in [-0.2, 0) is 10.0 Å². The molecule has 0 heterocycles. The van der Waals surface area contributed by atoms with E-state index in [0.717, 1.165) is 16.4 Å². The van der Waals surface area contributed by atoms with Crippen LogP contribution in [0.2, 0.25) is 0 Å². The van der Waals surface area contributed by atoms with Crippen LogP contribution in [0, 0.1) is 18.7 Å². The van der Waals surface area contributed by atoms with Crippen LogP contribution in [-0.4, -0.2) is 36.9 Å². The second-order valence-electron chi connectivity index (χ2n) is 5.39. The first-order chi connectivity index (χ1) is 9.50. The Morgan fingerprint density at radius 2 is 1.81 bits per heavy atom. The molecule has 0 saturated heterocycles. The molecule has 0 saturated carbocycles. The second-order valence-corrected chi connectivity index (χ2v) is 7.36. The highest BCUT2D eigenvalue weighted by atomic mass is 32.2. The molecule has 0 amide bonds. The van der Waals surface area contributed by atoms with Crippen LogP contribution in [0.5, 0.6) is 0 Å². The first-order valence-corrected chi connectivity index (χ1v) is 7.95. The van der Waals surface area contributed by atoms with Gasteiger partial charge in [0.05, 0.1) is 10.5 Å². The summed E-state index contributed by atoms with van der Waals surface area (Å²) < 4.78 is 40.1. The van der Waals surface area contributed by atoms with Gasteiger partial charge < -0.3 is 5.11 Å². The van der Waals surface area contributed by atoms with Gasteiger partial charge in [0.15, 0.2) is 0 Å². The Balaban J connectivity index is 3.48. The molecule has 0 aliphatic rings. The maximum Gasteiger partial charge on any atom is 0.335 e. The van der Waals surface area contributed by atoms with E-state index in [-0.39, 0.29) is 28.0 Å². The number of carbonyl (C=O) groups is 1. The Hall–Kier alpha value is -1.47. The van der Waals surface area contributed by atoms with E-state index in [1.165, 1.54) is 14.0 Å². The number of nitrogens with zero attached hydrogens (tertiary/aromatic N) is 1. The summed E-state index contributed by atoms with van der Waals surface area (Å²) in [6.07, 6.45) is 0. The van der Waals surface area contributed by atoms with Crippen molar-refractivity contribution in [2.75, 3.05) is 7.05 Å². The SMILES string of the molecule is Cc1c(F)cc(C(=O)O)cc1S(=O)(=O)N(C)C(C)C(C)C. The zero-order chi connectivity index (χ0) is 16.5. The van der Waals surface area contributed by atoms with E-state index in [0.29, 0.717) is 0 Å². The Bertz CT molecular complexity index is 655. The topological polar surface area (TPSA) is 74.7 Å². The predicted molar refractivity (Wildman–Crippen MR) is 77.3 cm³/mol. The van der Waals surface area contributed by atoms with Gasteiger partial charge in [0.25, 0.3) is 0 Å². The Kier molecular flexibility index (Phi) is 5.11. The van der Waals surface area contributed by atoms with Gasteiger partial charge in [-0.05, 0) is 31.9 Å². The van der Waals surface area contributed by atoms with Crippen LogP contribution in [0.4, 0.5) is 4.39 Å². The molecule has 0 aromatic heterocycles. The molecule has 1 rings (SSSR count). The van der Waals surface area contributed by atoms with Gasteiger partial charge in [-0.2, -0.15) is 4.31 Å². The Morgan fingerprint density at radius 3 is 2.24 bits per heavy atom. The standard InChI is InChI=1S/C14H20FNO4S/c1-8(2)10(4)16(5)21(19,20)13-7-11(14(17)18)6-12(15)9(13)3/h6-8,10H,1-5H3,(H,17,18). The normalized spacial score (nSPS) is 13.7. The largest absolute Gasteiger partial charge is 0.478 e. The van der Waals surface area contributed by atoms with Gasteiger partial charge in [-0.3, -0.25) is 0 Å². The number of sulfonamides is 1. The summed E-state index contributed by atoms with van der Waals surface area (Å²) in [7, 11) is -2.55. The highest BCUT2D eigenvalue weighted by Crippen LogP contribution is 2.26. The molecule has 118 valence electrons. The molecule has 1 aromatic carbocycles. The fourth-order valence-corrected chi connectivity index (χ4v) is 3.59. The molecule has 1 atom stereocenters. The number of hydrogen-bond donors (Lipinski definition) is 1. The van der Waals surface area contributed by atoms with Crippen molar-refractivity contribution < 1.29 is 22.7 Å². The molecule has 0 radical (unpaired) electrons. The summed E-state index contributed by atoms with van der Waals surface area (Å²) in [6, 6.07) is 1.52. The molecule has 1 aromatic rings. The zero-order valence-electron chi connectivity index (χ0n) is 12.7. The number of halogens is 1. The van der Waals surface area contributed by atoms with E-state index < -0.39 is 21.8 Å². The first kappa shape index (κ1) is 17.6. The van der Waals surface area contributed by atoms with Crippen molar-refractivity contribution >= 4 is 16.0 Å². The molecule has 21 heavy (non-hydrogen) atoms. The molecule has 0 aliphatic carbocycles. The van der Waals surface area contributed by atoms with Crippen LogP contribution in [0.1, 0.15) is 36.7 Å². The summed E-state index contributed by atoms with van der Waals surface area (Å²) in [5.41, 5.74) is -0.468. The van der Waals surface area contributed by atoms with E-state index in [1.807, 2.05) is 13.8 Å². The lowest BCUT2D eigenvalue weighted by Crippen LogP contribution is -2.38.